The van der Waals surface area contributed by atoms with E-state index in [4.69, 9.17) is 4.74 Å². The van der Waals surface area contributed by atoms with Gasteiger partial charge in [0.25, 0.3) is 0 Å². The van der Waals surface area contributed by atoms with Crippen LogP contribution >= 0.6 is 0 Å². The first kappa shape index (κ1) is 12.2. The van der Waals surface area contributed by atoms with Crippen LogP contribution in [0.2, 0.25) is 0 Å². The smallest absolute Gasteiger partial charge is 0.200 e. The van der Waals surface area contributed by atoms with Crippen LogP contribution in [-0.4, -0.2) is 64.1 Å². The maximum Gasteiger partial charge on any atom is 0.200 e. The summed E-state index contributed by atoms with van der Waals surface area (Å²) in [6.07, 6.45) is 0. The van der Waals surface area contributed by atoms with Gasteiger partial charge in [-0.25, -0.2) is 0 Å². The van der Waals surface area contributed by atoms with E-state index in [-0.39, 0.29) is 6.04 Å². The van der Waals surface area contributed by atoms with Crippen molar-refractivity contribution in [3.05, 3.63) is 12.1 Å². The minimum atomic E-state index is 0.287. The minimum absolute atomic E-state index is 0.287. The summed E-state index contributed by atoms with van der Waals surface area (Å²) in [6.45, 7) is 6.19. The standard InChI is InChI=1S/C11H17N7O/c1-2-12-7-9-8-19-6-5-17(9)11-4-3-10-13-15-16-18(10)14-11/h3-4,9,12H,2,5-8H2,1H3. The first-order valence-electron chi connectivity index (χ1n) is 6.49. The van der Waals surface area contributed by atoms with E-state index in [1.165, 1.54) is 4.63 Å². The number of aromatic nitrogens is 5. The second-order valence-electron chi connectivity index (χ2n) is 4.45. The van der Waals surface area contributed by atoms with E-state index in [2.05, 4.69) is 37.8 Å². The summed E-state index contributed by atoms with van der Waals surface area (Å²) in [5.41, 5.74) is 0.653. The van der Waals surface area contributed by atoms with Crippen molar-refractivity contribution < 1.29 is 4.74 Å². The molecule has 0 amide bonds. The van der Waals surface area contributed by atoms with Gasteiger partial charge in [0.2, 0.25) is 0 Å². The Hall–Kier alpha value is -1.80. The fourth-order valence-electron chi connectivity index (χ4n) is 2.23. The molecule has 0 aromatic carbocycles. The van der Waals surface area contributed by atoms with Crippen LogP contribution in [0.3, 0.4) is 0 Å². The van der Waals surface area contributed by atoms with Gasteiger partial charge in [0, 0.05) is 13.1 Å². The third-order valence-electron chi connectivity index (χ3n) is 3.21. The molecule has 3 heterocycles. The molecule has 2 aromatic heterocycles. The summed E-state index contributed by atoms with van der Waals surface area (Å²) >= 11 is 0. The number of likely N-dealkylation sites (N-methyl/N-ethyl adjacent to an activating group) is 1. The molecular formula is C11H17N7O. The summed E-state index contributed by atoms with van der Waals surface area (Å²) in [6, 6.07) is 4.12. The van der Waals surface area contributed by atoms with Gasteiger partial charge in [-0.2, -0.15) is 0 Å². The Morgan fingerprint density at radius 1 is 1.47 bits per heavy atom. The lowest BCUT2D eigenvalue weighted by atomic mass is 10.2. The van der Waals surface area contributed by atoms with Crippen LogP contribution < -0.4 is 10.2 Å². The van der Waals surface area contributed by atoms with E-state index in [0.717, 1.165) is 32.1 Å². The number of nitrogens with one attached hydrogen (secondary N) is 1. The van der Waals surface area contributed by atoms with Crippen LogP contribution in [0, 0.1) is 0 Å². The van der Waals surface area contributed by atoms with Gasteiger partial charge in [0.1, 0.15) is 0 Å². The third kappa shape index (κ3) is 2.49. The summed E-state index contributed by atoms with van der Waals surface area (Å²) < 4.78 is 7.00. The summed E-state index contributed by atoms with van der Waals surface area (Å²) in [5.74, 6) is 0.881. The normalized spacial score (nSPS) is 20.1. The zero-order chi connectivity index (χ0) is 13.1. The molecule has 8 heteroatoms. The van der Waals surface area contributed by atoms with E-state index in [1.807, 2.05) is 12.1 Å². The van der Waals surface area contributed by atoms with Crippen molar-refractivity contribution in [2.45, 2.75) is 13.0 Å². The van der Waals surface area contributed by atoms with Crippen LogP contribution in [0.5, 0.6) is 0 Å². The lowest BCUT2D eigenvalue weighted by Crippen LogP contribution is -2.51. The molecule has 1 saturated heterocycles. The molecule has 0 bridgehead atoms. The predicted octanol–water partition coefficient (Wildman–Crippen LogP) is -0.666. The highest BCUT2D eigenvalue weighted by atomic mass is 16.5. The fourth-order valence-corrected chi connectivity index (χ4v) is 2.23. The highest BCUT2D eigenvalue weighted by Crippen LogP contribution is 2.16. The zero-order valence-electron chi connectivity index (χ0n) is 10.9. The highest BCUT2D eigenvalue weighted by molar-refractivity contribution is 5.45. The van der Waals surface area contributed by atoms with Gasteiger partial charge < -0.3 is 15.0 Å². The molecule has 3 rings (SSSR count). The van der Waals surface area contributed by atoms with Gasteiger partial charge in [-0.15, -0.1) is 14.8 Å². The summed E-state index contributed by atoms with van der Waals surface area (Å²) in [5, 5.41) is 19.1. The highest BCUT2D eigenvalue weighted by Gasteiger charge is 2.24. The number of tetrazole rings is 1. The van der Waals surface area contributed by atoms with Gasteiger partial charge in [-0.05, 0) is 29.1 Å². The fraction of sp³-hybridized carbons (Fsp3) is 0.636. The van der Waals surface area contributed by atoms with Crippen LogP contribution in [0.4, 0.5) is 5.82 Å². The number of rotatable bonds is 4. The Morgan fingerprint density at radius 2 is 2.42 bits per heavy atom. The lowest BCUT2D eigenvalue weighted by Gasteiger charge is -2.36. The van der Waals surface area contributed by atoms with Crippen LogP contribution in [0.15, 0.2) is 12.1 Å². The van der Waals surface area contributed by atoms with Gasteiger partial charge in [-0.1, -0.05) is 6.92 Å². The predicted molar refractivity (Wildman–Crippen MR) is 69.1 cm³/mol. The van der Waals surface area contributed by atoms with E-state index >= 15 is 0 Å². The van der Waals surface area contributed by atoms with Crippen LogP contribution in [0.25, 0.3) is 5.65 Å². The topological polar surface area (TPSA) is 80.5 Å². The molecule has 1 unspecified atom stereocenters. The number of morpholine rings is 1. The molecule has 1 fully saturated rings. The molecule has 8 nitrogen and oxygen atoms in total. The van der Waals surface area contributed by atoms with Crippen molar-refractivity contribution in [2.24, 2.45) is 0 Å². The zero-order valence-corrected chi connectivity index (χ0v) is 10.9. The average molecular weight is 263 g/mol. The molecule has 0 saturated carbocycles. The molecular weight excluding hydrogens is 246 g/mol. The van der Waals surface area contributed by atoms with Crippen molar-refractivity contribution >= 4 is 11.5 Å². The maximum absolute atomic E-state index is 5.55. The summed E-state index contributed by atoms with van der Waals surface area (Å²) in [4.78, 5) is 2.24. The molecule has 1 N–H and O–H groups in total. The Morgan fingerprint density at radius 3 is 3.32 bits per heavy atom. The van der Waals surface area contributed by atoms with Crippen LogP contribution in [0.1, 0.15) is 6.92 Å². The van der Waals surface area contributed by atoms with Gasteiger partial charge in [-0.3, -0.25) is 0 Å². The monoisotopic (exact) mass is 263 g/mol. The minimum Gasteiger partial charge on any atom is -0.377 e. The molecule has 2 aromatic rings. The van der Waals surface area contributed by atoms with E-state index in [1.54, 1.807) is 0 Å². The molecule has 0 spiro atoms. The van der Waals surface area contributed by atoms with Crippen molar-refractivity contribution in [2.75, 3.05) is 37.7 Å². The molecule has 0 aliphatic carbocycles. The Kier molecular flexibility index (Phi) is 3.51. The molecule has 1 aliphatic rings. The largest absolute Gasteiger partial charge is 0.377 e. The first-order chi connectivity index (χ1) is 9.38. The lowest BCUT2D eigenvalue weighted by molar-refractivity contribution is 0.0933. The SMILES string of the molecule is CCNCC1COCCN1c1ccc2nnnn2n1. The molecule has 102 valence electrons. The van der Waals surface area contributed by atoms with Gasteiger partial charge in [0.15, 0.2) is 11.5 Å². The van der Waals surface area contributed by atoms with E-state index in [0.29, 0.717) is 12.3 Å². The van der Waals surface area contributed by atoms with Gasteiger partial charge in [0.05, 0.1) is 19.3 Å². The number of hydrogen-bond acceptors (Lipinski definition) is 7. The number of nitrogens with zero attached hydrogens (tertiary/aromatic N) is 6. The van der Waals surface area contributed by atoms with Crippen molar-refractivity contribution in [1.29, 1.82) is 0 Å². The second kappa shape index (κ2) is 5.45. The van der Waals surface area contributed by atoms with Crippen molar-refractivity contribution in [1.82, 2.24) is 30.6 Å². The third-order valence-corrected chi connectivity index (χ3v) is 3.21. The average Bonchev–Trinajstić information content (AvgIpc) is 2.92. The number of fused-ring (bicyclic) bond motifs is 1. The van der Waals surface area contributed by atoms with E-state index < -0.39 is 0 Å². The van der Waals surface area contributed by atoms with Gasteiger partial charge >= 0.3 is 0 Å². The Labute approximate surface area is 110 Å². The molecule has 1 aliphatic heterocycles. The Bertz CT molecular complexity index is 543. The molecule has 0 radical (unpaired) electrons. The van der Waals surface area contributed by atoms with E-state index in [9.17, 15) is 0 Å². The van der Waals surface area contributed by atoms with Crippen LogP contribution in [-0.2, 0) is 4.74 Å². The first-order valence-corrected chi connectivity index (χ1v) is 6.49. The Balaban J connectivity index is 1.84. The quantitative estimate of drug-likeness (QED) is 0.783. The number of anilines is 1. The number of hydrogen-bond donors (Lipinski definition) is 1. The molecule has 1 atom stereocenters. The van der Waals surface area contributed by atoms with Crippen molar-refractivity contribution in [3.63, 3.8) is 0 Å². The summed E-state index contributed by atoms with van der Waals surface area (Å²) in [7, 11) is 0. The molecule has 19 heavy (non-hydrogen) atoms. The number of ether oxygens (including phenoxy) is 1. The second-order valence-corrected chi connectivity index (χ2v) is 4.45. The van der Waals surface area contributed by atoms with Crippen molar-refractivity contribution in [3.8, 4) is 0 Å². The maximum atomic E-state index is 5.55.